The van der Waals surface area contributed by atoms with Gasteiger partial charge in [0.2, 0.25) is 11.8 Å². The Morgan fingerprint density at radius 3 is 2.70 bits per heavy atom. The van der Waals surface area contributed by atoms with Gasteiger partial charge in [0, 0.05) is 13.0 Å². The molecule has 2 aromatic carbocycles. The number of hydrogen-bond donors (Lipinski definition) is 1. The van der Waals surface area contributed by atoms with Gasteiger partial charge >= 0.3 is 5.97 Å². The Kier molecular flexibility index (Phi) is 5.41. The van der Waals surface area contributed by atoms with Gasteiger partial charge in [0.05, 0.1) is 35.0 Å². The first-order valence-corrected chi connectivity index (χ1v) is 8.52. The van der Waals surface area contributed by atoms with Crippen molar-refractivity contribution in [3.63, 3.8) is 0 Å². The van der Waals surface area contributed by atoms with Crippen molar-refractivity contribution >= 4 is 40.8 Å². The first-order chi connectivity index (χ1) is 12.9. The van der Waals surface area contributed by atoms with Gasteiger partial charge in [0.1, 0.15) is 5.82 Å². The smallest absolute Gasteiger partial charge is 0.337 e. The van der Waals surface area contributed by atoms with E-state index in [9.17, 15) is 18.8 Å². The van der Waals surface area contributed by atoms with Gasteiger partial charge in [-0.05, 0) is 30.3 Å². The standard InChI is InChI=1S/C19H16ClFN2O4/c1-27-19(26)11-6-7-13(20)16(8-11)23-10-12(9-17(23)24)18(25)22-15-5-3-2-4-14(15)21/h2-8,12H,9-10H2,1H3,(H,22,25). The molecule has 2 aromatic rings. The summed E-state index contributed by atoms with van der Waals surface area (Å²) in [5.74, 6) is -2.56. The van der Waals surface area contributed by atoms with Crippen molar-refractivity contribution in [2.45, 2.75) is 6.42 Å². The summed E-state index contributed by atoms with van der Waals surface area (Å²) in [6, 6.07) is 10.2. The van der Waals surface area contributed by atoms with Crippen LogP contribution in [-0.4, -0.2) is 31.4 Å². The molecule has 140 valence electrons. The van der Waals surface area contributed by atoms with Crippen LogP contribution in [-0.2, 0) is 14.3 Å². The second-order valence-electron chi connectivity index (χ2n) is 6.03. The Labute approximate surface area is 159 Å². The quantitative estimate of drug-likeness (QED) is 0.813. The van der Waals surface area contributed by atoms with Gasteiger partial charge in [-0.1, -0.05) is 23.7 Å². The van der Waals surface area contributed by atoms with Crippen LogP contribution in [0, 0.1) is 11.7 Å². The SMILES string of the molecule is COC(=O)c1ccc(Cl)c(N2CC(C(=O)Nc3ccccc3F)CC2=O)c1. The molecule has 2 amide bonds. The summed E-state index contributed by atoms with van der Waals surface area (Å²) in [6.07, 6.45) is -0.0426. The molecular formula is C19H16ClFN2O4. The largest absolute Gasteiger partial charge is 0.465 e. The molecule has 6 nitrogen and oxygen atoms in total. The highest BCUT2D eigenvalue weighted by Crippen LogP contribution is 2.33. The van der Waals surface area contributed by atoms with Crippen molar-refractivity contribution in [1.29, 1.82) is 0 Å². The number of ether oxygens (including phenoxy) is 1. The van der Waals surface area contributed by atoms with Crippen LogP contribution in [0.25, 0.3) is 0 Å². The lowest BCUT2D eigenvalue weighted by Crippen LogP contribution is -2.28. The predicted octanol–water partition coefficient (Wildman–Crippen LogP) is 3.26. The van der Waals surface area contributed by atoms with Crippen LogP contribution in [0.1, 0.15) is 16.8 Å². The van der Waals surface area contributed by atoms with E-state index in [-0.39, 0.29) is 35.1 Å². The van der Waals surface area contributed by atoms with Gasteiger partial charge in [-0.3, -0.25) is 9.59 Å². The molecular weight excluding hydrogens is 375 g/mol. The van der Waals surface area contributed by atoms with E-state index in [1.54, 1.807) is 6.07 Å². The maximum absolute atomic E-state index is 13.7. The summed E-state index contributed by atoms with van der Waals surface area (Å²) >= 11 is 6.17. The number of anilines is 2. The zero-order chi connectivity index (χ0) is 19.6. The van der Waals surface area contributed by atoms with Crippen LogP contribution in [0.15, 0.2) is 42.5 Å². The molecule has 0 radical (unpaired) electrons. The number of hydrogen-bond acceptors (Lipinski definition) is 4. The number of carbonyl (C=O) groups excluding carboxylic acids is 3. The van der Waals surface area contributed by atoms with Crippen LogP contribution in [0.3, 0.4) is 0 Å². The van der Waals surface area contributed by atoms with Crippen LogP contribution in [0.2, 0.25) is 5.02 Å². The van der Waals surface area contributed by atoms with Crippen molar-refractivity contribution in [2.75, 3.05) is 23.9 Å². The highest BCUT2D eigenvalue weighted by molar-refractivity contribution is 6.34. The Hall–Kier alpha value is -2.93. The number of esters is 1. The molecule has 1 unspecified atom stereocenters. The molecule has 0 aliphatic carbocycles. The highest BCUT2D eigenvalue weighted by Gasteiger charge is 2.36. The minimum atomic E-state index is -0.671. The first-order valence-electron chi connectivity index (χ1n) is 8.14. The van der Waals surface area contributed by atoms with Gasteiger partial charge in [0.25, 0.3) is 0 Å². The lowest BCUT2D eigenvalue weighted by atomic mass is 10.1. The molecule has 0 saturated carbocycles. The van der Waals surface area contributed by atoms with Crippen molar-refractivity contribution in [1.82, 2.24) is 0 Å². The Morgan fingerprint density at radius 2 is 2.00 bits per heavy atom. The molecule has 1 atom stereocenters. The van der Waals surface area contributed by atoms with E-state index in [1.807, 2.05) is 0 Å². The fourth-order valence-corrected chi connectivity index (χ4v) is 3.10. The number of carbonyl (C=O) groups is 3. The van der Waals surface area contributed by atoms with E-state index < -0.39 is 23.6 Å². The van der Waals surface area contributed by atoms with E-state index in [1.165, 1.54) is 48.4 Å². The van der Waals surface area contributed by atoms with Gasteiger partial charge in [0.15, 0.2) is 0 Å². The highest BCUT2D eigenvalue weighted by atomic mass is 35.5. The Bertz CT molecular complexity index is 918. The van der Waals surface area contributed by atoms with Crippen molar-refractivity contribution in [3.05, 3.63) is 58.9 Å². The third kappa shape index (κ3) is 3.93. The number of nitrogens with zero attached hydrogens (tertiary/aromatic N) is 1. The van der Waals surface area contributed by atoms with E-state index in [2.05, 4.69) is 10.1 Å². The molecule has 1 saturated heterocycles. The lowest BCUT2D eigenvalue weighted by molar-refractivity contribution is -0.122. The van der Waals surface area contributed by atoms with E-state index in [0.29, 0.717) is 5.69 Å². The van der Waals surface area contributed by atoms with Gasteiger partial charge in [-0.25, -0.2) is 9.18 Å². The van der Waals surface area contributed by atoms with Crippen molar-refractivity contribution < 1.29 is 23.5 Å². The van der Waals surface area contributed by atoms with E-state index in [4.69, 9.17) is 11.6 Å². The molecule has 3 rings (SSSR count). The maximum atomic E-state index is 13.7. The molecule has 27 heavy (non-hydrogen) atoms. The number of halogens is 2. The van der Waals surface area contributed by atoms with Crippen LogP contribution in [0.4, 0.5) is 15.8 Å². The average Bonchev–Trinajstić information content (AvgIpc) is 3.05. The topological polar surface area (TPSA) is 75.7 Å². The van der Waals surface area contributed by atoms with E-state index >= 15 is 0 Å². The minimum Gasteiger partial charge on any atom is -0.465 e. The number of nitrogens with one attached hydrogen (secondary N) is 1. The molecule has 8 heteroatoms. The summed E-state index contributed by atoms with van der Waals surface area (Å²) in [4.78, 5) is 37.9. The van der Waals surface area contributed by atoms with Crippen LogP contribution < -0.4 is 10.2 Å². The summed E-state index contributed by atoms with van der Waals surface area (Å²) in [5.41, 5.74) is 0.619. The van der Waals surface area contributed by atoms with E-state index in [0.717, 1.165) is 0 Å². The molecule has 1 fully saturated rings. The molecule has 0 aromatic heterocycles. The second kappa shape index (κ2) is 7.75. The van der Waals surface area contributed by atoms with Crippen molar-refractivity contribution in [3.8, 4) is 0 Å². The molecule has 1 aliphatic rings. The third-order valence-corrected chi connectivity index (χ3v) is 4.61. The molecule has 1 aliphatic heterocycles. The average molecular weight is 391 g/mol. The summed E-state index contributed by atoms with van der Waals surface area (Å²) in [5, 5.41) is 2.77. The predicted molar refractivity (Wildman–Crippen MR) is 98.3 cm³/mol. The molecule has 1 heterocycles. The number of rotatable bonds is 4. The normalized spacial score (nSPS) is 16.3. The fourth-order valence-electron chi connectivity index (χ4n) is 2.88. The molecule has 0 bridgehead atoms. The molecule has 1 N–H and O–H groups in total. The zero-order valence-electron chi connectivity index (χ0n) is 14.4. The number of benzene rings is 2. The minimum absolute atomic E-state index is 0.0426. The van der Waals surface area contributed by atoms with Crippen LogP contribution >= 0.6 is 11.6 Å². The fraction of sp³-hybridized carbons (Fsp3) is 0.211. The third-order valence-electron chi connectivity index (χ3n) is 4.29. The van der Waals surface area contributed by atoms with Gasteiger partial charge < -0.3 is 15.0 Å². The van der Waals surface area contributed by atoms with Crippen molar-refractivity contribution in [2.24, 2.45) is 5.92 Å². The lowest BCUT2D eigenvalue weighted by Gasteiger charge is -2.19. The Morgan fingerprint density at radius 1 is 1.26 bits per heavy atom. The number of methoxy groups -OCH3 is 1. The second-order valence-corrected chi connectivity index (χ2v) is 6.44. The van der Waals surface area contributed by atoms with Crippen LogP contribution in [0.5, 0.6) is 0 Å². The van der Waals surface area contributed by atoms with Gasteiger partial charge in [-0.15, -0.1) is 0 Å². The summed E-state index contributed by atoms with van der Waals surface area (Å²) < 4.78 is 18.4. The summed E-state index contributed by atoms with van der Waals surface area (Å²) in [7, 11) is 1.25. The number of para-hydroxylation sites is 1. The number of amides is 2. The monoisotopic (exact) mass is 390 g/mol. The molecule has 0 spiro atoms. The summed E-state index contributed by atoms with van der Waals surface area (Å²) in [6.45, 7) is 0.0729. The maximum Gasteiger partial charge on any atom is 0.337 e. The zero-order valence-corrected chi connectivity index (χ0v) is 15.1. The van der Waals surface area contributed by atoms with Gasteiger partial charge in [-0.2, -0.15) is 0 Å². The Balaban J connectivity index is 1.79. The first kappa shape index (κ1) is 18.8.